The third-order valence-electron chi connectivity index (χ3n) is 2.20. The topological polar surface area (TPSA) is 75.9 Å². The summed E-state index contributed by atoms with van der Waals surface area (Å²) in [7, 11) is 1.53. The van der Waals surface area contributed by atoms with Gasteiger partial charge in [0.1, 0.15) is 10.3 Å². The Morgan fingerprint density at radius 1 is 1.65 bits per heavy atom. The van der Waals surface area contributed by atoms with Crippen LogP contribution in [0.4, 0.5) is 10.5 Å². The molecule has 2 rings (SSSR count). The van der Waals surface area contributed by atoms with Crippen LogP contribution < -0.4 is 5.32 Å². The molecule has 2 heterocycles. The number of fused-ring (bicyclic) bond motifs is 1. The maximum absolute atomic E-state index is 10.8. The molecule has 2 N–H and O–H groups in total. The van der Waals surface area contributed by atoms with Gasteiger partial charge in [-0.1, -0.05) is 6.07 Å². The lowest BCUT2D eigenvalue weighted by molar-refractivity contribution is 0.181. The Hall–Kier alpha value is -1.60. The summed E-state index contributed by atoms with van der Waals surface area (Å²) in [6.07, 6.45) is -1.13. The van der Waals surface area contributed by atoms with E-state index in [1.165, 1.54) is 7.11 Å². The first-order chi connectivity index (χ1) is 8.13. The molecule has 0 aliphatic rings. The Labute approximate surface area is 105 Å². The van der Waals surface area contributed by atoms with Crippen molar-refractivity contribution < 1.29 is 14.6 Å². The van der Waals surface area contributed by atoms with Gasteiger partial charge >= 0.3 is 6.09 Å². The van der Waals surface area contributed by atoms with Crippen LogP contribution in [0, 0.1) is 0 Å². The number of hydrogen-bond donors (Lipinski definition) is 2. The average molecular weight is 300 g/mol. The van der Waals surface area contributed by atoms with E-state index in [-0.39, 0.29) is 6.61 Å². The number of aromatic nitrogens is 2. The van der Waals surface area contributed by atoms with Crippen LogP contribution in [0.1, 0.15) is 5.69 Å². The Bertz CT molecular complexity index is 567. The summed E-state index contributed by atoms with van der Waals surface area (Å²) in [5, 5.41) is 15.4. The van der Waals surface area contributed by atoms with Crippen molar-refractivity contribution in [3.05, 3.63) is 28.5 Å². The largest absolute Gasteiger partial charge is 0.465 e. The summed E-state index contributed by atoms with van der Waals surface area (Å²) in [4.78, 5) is 10.8. The quantitative estimate of drug-likeness (QED) is 0.853. The summed E-state index contributed by atoms with van der Waals surface area (Å²) in [5.41, 5.74) is 1.66. The third-order valence-corrected chi connectivity index (χ3v) is 2.80. The summed E-state index contributed by atoms with van der Waals surface area (Å²) in [6, 6.07) is 5.41. The molecule has 0 bridgehead atoms. The zero-order chi connectivity index (χ0) is 12.4. The van der Waals surface area contributed by atoms with Crippen LogP contribution in [0.25, 0.3) is 5.52 Å². The van der Waals surface area contributed by atoms with Gasteiger partial charge in [-0.05, 0) is 28.1 Å². The molecule has 0 aliphatic carbocycles. The van der Waals surface area contributed by atoms with Crippen LogP contribution in [0.5, 0.6) is 0 Å². The predicted octanol–water partition coefficient (Wildman–Crippen LogP) is 2.33. The lowest BCUT2D eigenvalue weighted by Crippen LogP contribution is -2.08. The number of pyridine rings is 1. The number of ether oxygens (including phenoxy) is 1. The number of anilines is 1. The van der Waals surface area contributed by atoms with Gasteiger partial charge in [0, 0.05) is 7.11 Å². The van der Waals surface area contributed by atoms with Crippen LogP contribution >= 0.6 is 15.9 Å². The van der Waals surface area contributed by atoms with E-state index in [1.807, 2.05) is 12.1 Å². The van der Waals surface area contributed by atoms with Crippen LogP contribution in [-0.4, -0.2) is 27.9 Å². The van der Waals surface area contributed by atoms with E-state index in [9.17, 15) is 4.79 Å². The molecule has 1 amide bonds. The molecule has 0 saturated carbocycles. The van der Waals surface area contributed by atoms with Crippen molar-refractivity contribution >= 4 is 33.2 Å². The van der Waals surface area contributed by atoms with Crippen molar-refractivity contribution in [1.29, 1.82) is 0 Å². The van der Waals surface area contributed by atoms with Crippen molar-refractivity contribution in [2.75, 3.05) is 12.4 Å². The number of methoxy groups -OCH3 is 1. The minimum atomic E-state index is -1.13. The Kier molecular flexibility index (Phi) is 3.30. The Morgan fingerprint density at radius 3 is 3.06 bits per heavy atom. The van der Waals surface area contributed by atoms with E-state index < -0.39 is 6.09 Å². The molecule has 0 atom stereocenters. The lowest BCUT2D eigenvalue weighted by atomic mass is 10.3. The highest BCUT2D eigenvalue weighted by molar-refractivity contribution is 9.10. The zero-order valence-electron chi connectivity index (χ0n) is 8.98. The van der Waals surface area contributed by atoms with Gasteiger partial charge in [0.25, 0.3) is 0 Å². The number of nitrogens with one attached hydrogen (secondary N) is 1. The molecule has 0 fully saturated rings. The first-order valence-electron chi connectivity index (χ1n) is 4.78. The maximum Gasteiger partial charge on any atom is 0.409 e. The number of hydrogen-bond acceptors (Lipinski definition) is 3. The summed E-state index contributed by atoms with van der Waals surface area (Å²) >= 11 is 3.35. The number of carbonyl (C=O) groups is 1. The molecule has 90 valence electrons. The van der Waals surface area contributed by atoms with Gasteiger partial charge < -0.3 is 9.84 Å². The number of carboxylic acid groups (broad SMARTS) is 1. The maximum atomic E-state index is 10.8. The minimum absolute atomic E-state index is 0.240. The first kappa shape index (κ1) is 11.9. The normalized spacial score (nSPS) is 10.7. The van der Waals surface area contributed by atoms with Crippen LogP contribution in [0.2, 0.25) is 0 Å². The number of halogens is 1. The Balaban J connectivity index is 2.62. The number of nitrogens with zero attached hydrogens (tertiary/aromatic N) is 2. The van der Waals surface area contributed by atoms with Gasteiger partial charge in [-0.2, -0.15) is 5.10 Å². The fourth-order valence-electron chi connectivity index (χ4n) is 1.57. The monoisotopic (exact) mass is 299 g/mol. The van der Waals surface area contributed by atoms with E-state index >= 15 is 0 Å². The second kappa shape index (κ2) is 4.72. The van der Waals surface area contributed by atoms with Crippen LogP contribution in [0.15, 0.2) is 22.8 Å². The summed E-state index contributed by atoms with van der Waals surface area (Å²) < 4.78 is 7.35. The highest BCUT2D eigenvalue weighted by Gasteiger charge is 2.15. The molecular formula is C10H10BrN3O3. The van der Waals surface area contributed by atoms with Gasteiger partial charge in [-0.25, -0.2) is 9.31 Å². The standard InChI is InChI=1S/C10H10BrN3O3/c1-17-5-6-9(12-10(15)16)7-3-2-4-8(11)14(7)13-6/h2-4,12H,5H2,1H3,(H,15,16). The lowest BCUT2D eigenvalue weighted by Gasteiger charge is -2.01. The van der Waals surface area contributed by atoms with Crippen LogP contribution in [0.3, 0.4) is 0 Å². The van der Waals surface area contributed by atoms with Gasteiger partial charge in [0.05, 0.1) is 17.8 Å². The second-order valence-corrected chi connectivity index (χ2v) is 4.14. The predicted molar refractivity (Wildman–Crippen MR) is 65.3 cm³/mol. The molecule has 7 heteroatoms. The Morgan fingerprint density at radius 2 is 2.41 bits per heavy atom. The van der Waals surface area contributed by atoms with Gasteiger partial charge in [-0.15, -0.1) is 0 Å². The van der Waals surface area contributed by atoms with Gasteiger partial charge in [0.2, 0.25) is 0 Å². The van der Waals surface area contributed by atoms with Crippen molar-refractivity contribution in [2.24, 2.45) is 0 Å². The number of amides is 1. The van der Waals surface area contributed by atoms with Gasteiger partial charge in [-0.3, -0.25) is 5.32 Å². The molecular weight excluding hydrogens is 290 g/mol. The minimum Gasteiger partial charge on any atom is -0.465 e. The highest BCUT2D eigenvalue weighted by Crippen LogP contribution is 2.25. The van der Waals surface area contributed by atoms with Crippen molar-refractivity contribution in [1.82, 2.24) is 9.61 Å². The van der Waals surface area contributed by atoms with Gasteiger partial charge in [0.15, 0.2) is 0 Å². The molecule has 2 aromatic rings. The molecule has 0 aromatic carbocycles. The van der Waals surface area contributed by atoms with Crippen molar-refractivity contribution in [3.8, 4) is 0 Å². The highest BCUT2D eigenvalue weighted by atomic mass is 79.9. The SMILES string of the molecule is COCc1nn2c(Br)cccc2c1NC(=O)O. The second-order valence-electron chi connectivity index (χ2n) is 3.33. The summed E-state index contributed by atoms with van der Waals surface area (Å²) in [5.74, 6) is 0. The third kappa shape index (κ3) is 2.25. The summed E-state index contributed by atoms with van der Waals surface area (Å²) in [6.45, 7) is 0.240. The van der Waals surface area contributed by atoms with E-state index in [2.05, 4.69) is 26.3 Å². The van der Waals surface area contributed by atoms with E-state index in [0.717, 1.165) is 4.60 Å². The average Bonchev–Trinajstić information content (AvgIpc) is 2.59. The number of rotatable bonds is 3. The van der Waals surface area contributed by atoms with Crippen molar-refractivity contribution in [3.63, 3.8) is 0 Å². The molecule has 17 heavy (non-hydrogen) atoms. The van der Waals surface area contributed by atoms with Crippen LogP contribution in [-0.2, 0) is 11.3 Å². The van der Waals surface area contributed by atoms with E-state index in [1.54, 1.807) is 10.6 Å². The van der Waals surface area contributed by atoms with E-state index in [4.69, 9.17) is 9.84 Å². The zero-order valence-corrected chi connectivity index (χ0v) is 10.6. The first-order valence-corrected chi connectivity index (χ1v) is 5.58. The molecule has 0 spiro atoms. The molecule has 2 aromatic heterocycles. The van der Waals surface area contributed by atoms with E-state index in [0.29, 0.717) is 16.9 Å². The molecule has 0 aliphatic heterocycles. The van der Waals surface area contributed by atoms with Crippen molar-refractivity contribution in [2.45, 2.75) is 6.61 Å². The smallest absolute Gasteiger partial charge is 0.409 e. The molecule has 0 unspecified atom stereocenters. The molecule has 0 radical (unpaired) electrons. The molecule has 0 saturated heterocycles. The fraction of sp³-hybridized carbons (Fsp3) is 0.200. The molecule has 6 nitrogen and oxygen atoms in total. The fourth-order valence-corrected chi connectivity index (χ4v) is 1.99.